The number of rotatable bonds is 4. The topological polar surface area (TPSA) is 56.6 Å². The molecule has 118 valence electrons. The van der Waals surface area contributed by atoms with E-state index in [1.54, 1.807) is 19.1 Å². The van der Waals surface area contributed by atoms with Gasteiger partial charge in [0.05, 0.1) is 16.7 Å². The van der Waals surface area contributed by atoms with Crippen LogP contribution in [-0.2, 0) is 4.79 Å². The predicted molar refractivity (Wildman–Crippen MR) is 85.0 cm³/mol. The predicted octanol–water partition coefficient (Wildman–Crippen LogP) is 2.14. The third-order valence-corrected chi connectivity index (χ3v) is 4.14. The highest BCUT2D eigenvalue weighted by atomic mass is 35.5. The Labute approximate surface area is 136 Å². The molecule has 0 bridgehead atoms. The summed E-state index contributed by atoms with van der Waals surface area (Å²) in [5.41, 5.74) is 0.465. The molecule has 1 aromatic carbocycles. The maximum Gasteiger partial charge on any atom is 0.263 e. The normalized spacial score (nSPS) is 16.9. The number of hydrogen-bond acceptors (Lipinski definition) is 4. The summed E-state index contributed by atoms with van der Waals surface area (Å²) in [7, 11) is 0. The molecular weight excluding hydrogens is 302 g/mol. The maximum atomic E-state index is 12.4. The lowest BCUT2D eigenvalue weighted by Crippen LogP contribution is -2.51. The van der Waals surface area contributed by atoms with Crippen molar-refractivity contribution in [3.05, 3.63) is 28.8 Å². The number of amides is 1. The second kappa shape index (κ2) is 7.48. The average molecular weight is 322 g/mol. The Morgan fingerprint density at radius 1 is 1.41 bits per heavy atom. The number of carbonyl (C=O) groups is 1. The number of benzene rings is 1. The van der Waals surface area contributed by atoms with E-state index < -0.39 is 6.10 Å². The second-order valence-corrected chi connectivity index (χ2v) is 5.68. The lowest BCUT2D eigenvalue weighted by molar-refractivity contribution is -0.139. The number of nitrogens with zero attached hydrogens (tertiary/aromatic N) is 3. The van der Waals surface area contributed by atoms with Gasteiger partial charge >= 0.3 is 0 Å². The number of carbonyl (C=O) groups excluding carboxylic acids is 1. The van der Waals surface area contributed by atoms with Crippen molar-refractivity contribution in [1.82, 2.24) is 9.80 Å². The van der Waals surface area contributed by atoms with Gasteiger partial charge in [0.1, 0.15) is 5.75 Å². The van der Waals surface area contributed by atoms with Crippen molar-refractivity contribution in [3.63, 3.8) is 0 Å². The Balaban J connectivity index is 1.96. The minimum absolute atomic E-state index is 0.0313. The number of hydrogen-bond donors (Lipinski definition) is 0. The van der Waals surface area contributed by atoms with Crippen LogP contribution in [0.1, 0.15) is 19.4 Å². The van der Waals surface area contributed by atoms with Gasteiger partial charge in [-0.3, -0.25) is 4.79 Å². The molecule has 1 aliphatic rings. The Hall–Kier alpha value is -1.77. The van der Waals surface area contributed by atoms with E-state index in [4.69, 9.17) is 21.6 Å². The molecule has 0 aromatic heterocycles. The zero-order valence-electron chi connectivity index (χ0n) is 12.9. The molecule has 1 aliphatic heterocycles. The molecule has 6 heteroatoms. The Kier molecular flexibility index (Phi) is 5.64. The van der Waals surface area contributed by atoms with E-state index in [0.29, 0.717) is 16.3 Å². The van der Waals surface area contributed by atoms with Gasteiger partial charge in [-0.2, -0.15) is 5.26 Å². The monoisotopic (exact) mass is 321 g/mol. The van der Waals surface area contributed by atoms with Gasteiger partial charge in [-0.05, 0) is 31.7 Å². The molecule has 1 heterocycles. The van der Waals surface area contributed by atoms with Gasteiger partial charge in [-0.1, -0.05) is 18.5 Å². The third-order valence-electron chi connectivity index (χ3n) is 3.84. The van der Waals surface area contributed by atoms with Gasteiger partial charge in [0.25, 0.3) is 5.91 Å². The summed E-state index contributed by atoms with van der Waals surface area (Å²) in [5.74, 6) is 0.393. The van der Waals surface area contributed by atoms with E-state index in [-0.39, 0.29) is 5.91 Å². The first-order chi connectivity index (χ1) is 10.5. The van der Waals surface area contributed by atoms with Crippen LogP contribution in [0.3, 0.4) is 0 Å². The van der Waals surface area contributed by atoms with Gasteiger partial charge < -0.3 is 14.5 Å². The van der Waals surface area contributed by atoms with Crippen LogP contribution in [0.5, 0.6) is 5.75 Å². The summed E-state index contributed by atoms with van der Waals surface area (Å²) in [6.45, 7) is 8.09. The molecule has 1 atom stereocenters. The lowest BCUT2D eigenvalue weighted by atomic mass is 10.2. The fraction of sp³-hybridized carbons (Fsp3) is 0.500. The molecule has 0 saturated carbocycles. The minimum atomic E-state index is -0.599. The van der Waals surface area contributed by atoms with Crippen LogP contribution in [0.4, 0.5) is 0 Å². The van der Waals surface area contributed by atoms with Crippen LogP contribution in [0.2, 0.25) is 5.02 Å². The van der Waals surface area contributed by atoms with Crippen molar-refractivity contribution in [1.29, 1.82) is 5.26 Å². The fourth-order valence-corrected chi connectivity index (χ4v) is 2.67. The van der Waals surface area contributed by atoms with E-state index in [9.17, 15) is 4.79 Å². The van der Waals surface area contributed by atoms with Crippen molar-refractivity contribution in [2.75, 3.05) is 32.7 Å². The SMILES string of the molecule is CCN1CCN(C(=O)[C@H](C)Oc2ccc(C#N)cc2Cl)CC1. The molecule has 1 amide bonds. The van der Waals surface area contributed by atoms with Gasteiger partial charge in [0.15, 0.2) is 6.10 Å². The molecule has 0 radical (unpaired) electrons. The summed E-state index contributed by atoms with van der Waals surface area (Å²) >= 11 is 6.07. The number of halogens is 1. The van der Waals surface area contributed by atoms with E-state index in [1.807, 2.05) is 11.0 Å². The van der Waals surface area contributed by atoms with Crippen molar-refractivity contribution < 1.29 is 9.53 Å². The fourth-order valence-electron chi connectivity index (χ4n) is 2.45. The Morgan fingerprint density at radius 2 is 2.09 bits per heavy atom. The number of piperazine rings is 1. The quantitative estimate of drug-likeness (QED) is 0.852. The standard InChI is InChI=1S/C16H20ClN3O2/c1-3-19-6-8-20(9-7-19)16(21)12(2)22-15-5-4-13(11-18)10-14(15)17/h4-5,10,12H,3,6-9H2,1-2H3/t12-/m0/s1. The van der Waals surface area contributed by atoms with E-state index in [2.05, 4.69) is 11.8 Å². The summed E-state index contributed by atoms with van der Waals surface area (Å²) in [6, 6.07) is 6.80. The van der Waals surface area contributed by atoms with Crippen LogP contribution in [0, 0.1) is 11.3 Å². The van der Waals surface area contributed by atoms with Crippen molar-refractivity contribution in [2.24, 2.45) is 0 Å². The molecule has 0 aliphatic carbocycles. The summed E-state index contributed by atoms with van der Waals surface area (Å²) in [5, 5.41) is 9.16. The highest BCUT2D eigenvalue weighted by Crippen LogP contribution is 2.26. The second-order valence-electron chi connectivity index (χ2n) is 5.28. The van der Waals surface area contributed by atoms with Crippen molar-refractivity contribution in [3.8, 4) is 11.8 Å². The number of ether oxygens (including phenoxy) is 1. The van der Waals surface area contributed by atoms with Gasteiger partial charge in [0, 0.05) is 26.2 Å². The smallest absolute Gasteiger partial charge is 0.263 e. The van der Waals surface area contributed by atoms with Crippen molar-refractivity contribution in [2.45, 2.75) is 20.0 Å². The largest absolute Gasteiger partial charge is 0.479 e. The summed E-state index contributed by atoms with van der Waals surface area (Å²) < 4.78 is 5.67. The zero-order chi connectivity index (χ0) is 16.1. The van der Waals surface area contributed by atoms with Gasteiger partial charge in [-0.25, -0.2) is 0 Å². The first kappa shape index (κ1) is 16.6. The lowest BCUT2D eigenvalue weighted by Gasteiger charge is -2.35. The summed E-state index contributed by atoms with van der Waals surface area (Å²) in [6.07, 6.45) is -0.599. The molecule has 1 fully saturated rings. The first-order valence-corrected chi connectivity index (χ1v) is 7.80. The number of likely N-dealkylation sites (N-methyl/N-ethyl adjacent to an activating group) is 1. The Morgan fingerprint density at radius 3 is 2.64 bits per heavy atom. The van der Waals surface area contributed by atoms with Crippen LogP contribution >= 0.6 is 11.6 Å². The van der Waals surface area contributed by atoms with Crippen LogP contribution in [-0.4, -0.2) is 54.5 Å². The van der Waals surface area contributed by atoms with E-state index >= 15 is 0 Å². The number of nitriles is 1. The average Bonchev–Trinajstić information content (AvgIpc) is 2.56. The first-order valence-electron chi connectivity index (χ1n) is 7.42. The molecule has 22 heavy (non-hydrogen) atoms. The van der Waals surface area contributed by atoms with Crippen LogP contribution in [0.25, 0.3) is 0 Å². The van der Waals surface area contributed by atoms with Crippen molar-refractivity contribution >= 4 is 17.5 Å². The minimum Gasteiger partial charge on any atom is -0.479 e. The molecule has 1 aromatic rings. The van der Waals surface area contributed by atoms with E-state index in [1.165, 1.54) is 6.07 Å². The molecule has 0 N–H and O–H groups in total. The van der Waals surface area contributed by atoms with Crippen LogP contribution < -0.4 is 4.74 Å². The highest BCUT2D eigenvalue weighted by molar-refractivity contribution is 6.32. The maximum absolute atomic E-state index is 12.4. The highest BCUT2D eigenvalue weighted by Gasteiger charge is 2.25. The zero-order valence-corrected chi connectivity index (χ0v) is 13.6. The third kappa shape index (κ3) is 3.90. The molecule has 0 spiro atoms. The molecule has 0 unspecified atom stereocenters. The summed E-state index contributed by atoms with van der Waals surface area (Å²) in [4.78, 5) is 16.6. The Bertz CT molecular complexity index is 577. The van der Waals surface area contributed by atoms with Crippen LogP contribution in [0.15, 0.2) is 18.2 Å². The van der Waals surface area contributed by atoms with Gasteiger partial charge in [-0.15, -0.1) is 0 Å². The van der Waals surface area contributed by atoms with Gasteiger partial charge in [0.2, 0.25) is 0 Å². The molecular formula is C16H20ClN3O2. The molecule has 5 nitrogen and oxygen atoms in total. The molecule has 2 rings (SSSR count). The van der Waals surface area contributed by atoms with E-state index in [0.717, 1.165) is 32.7 Å². The molecule has 1 saturated heterocycles.